The fourth-order valence-corrected chi connectivity index (χ4v) is 2.23. The van der Waals surface area contributed by atoms with Gasteiger partial charge in [-0.05, 0) is 32.1 Å². The number of methoxy groups -OCH3 is 1. The van der Waals surface area contributed by atoms with Gasteiger partial charge in [-0.25, -0.2) is 0 Å². The van der Waals surface area contributed by atoms with Crippen molar-refractivity contribution in [3.8, 4) is 0 Å². The molecule has 0 spiro atoms. The maximum absolute atomic E-state index is 11.8. The van der Waals surface area contributed by atoms with Gasteiger partial charge in [0.2, 0.25) is 0 Å². The summed E-state index contributed by atoms with van der Waals surface area (Å²) in [6, 6.07) is 0. The monoisotopic (exact) mass is 272 g/mol. The van der Waals surface area contributed by atoms with Gasteiger partial charge in [0.25, 0.3) is 0 Å². The van der Waals surface area contributed by atoms with Gasteiger partial charge in [0, 0.05) is 25.8 Å². The lowest BCUT2D eigenvalue weighted by atomic mass is 9.82. The van der Waals surface area contributed by atoms with Gasteiger partial charge in [-0.15, -0.1) is 0 Å². The third-order valence-corrected chi connectivity index (χ3v) is 2.44. The molecule has 0 aromatic carbocycles. The number of nitrogens with one attached hydrogen (secondary N) is 2. The maximum atomic E-state index is 11.8. The standard InChI is InChI=1S/C14H28N2O3/c1-13(2,3)10-14(4,5)16-12(18)11(17)15-8-7-9-19-6/h7-10H2,1-6H3,(H,15,17)(H,16,18). The average Bonchev–Trinajstić information content (AvgIpc) is 2.19. The minimum absolute atomic E-state index is 0.0890. The highest BCUT2D eigenvalue weighted by molar-refractivity contribution is 6.35. The molecule has 0 aliphatic carbocycles. The number of hydrogen-bond donors (Lipinski definition) is 2. The van der Waals surface area contributed by atoms with E-state index >= 15 is 0 Å². The van der Waals surface area contributed by atoms with E-state index in [0.29, 0.717) is 19.6 Å². The minimum atomic E-state index is -0.585. The molecule has 2 amide bonds. The van der Waals surface area contributed by atoms with Crippen LogP contribution in [0.5, 0.6) is 0 Å². The Morgan fingerprint density at radius 1 is 1.05 bits per heavy atom. The van der Waals surface area contributed by atoms with Crippen molar-refractivity contribution in [3.63, 3.8) is 0 Å². The number of carbonyl (C=O) groups excluding carboxylic acids is 2. The maximum Gasteiger partial charge on any atom is 0.309 e. The molecular weight excluding hydrogens is 244 g/mol. The number of carbonyl (C=O) groups is 2. The van der Waals surface area contributed by atoms with Crippen molar-refractivity contribution in [2.24, 2.45) is 5.41 Å². The SMILES string of the molecule is COCCCNC(=O)C(=O)NC(C)(C)CC(C)(C)C. The van der Waals surface area contributed by atoms with E-state index in [-0.39, 0.29) is 5.41 Å². The van der Waals surface area contributed by atoms with Crippen molar-refractivity contribution in [1.82, 2.24) is 10.6 Å². The molecule has 19 heavy (non-hydrogen) atoms. The largest absolute Gasteiger partial charge is 0.385 e. The zero-order valence-corrected chi connectivity index (χ0v) is 13.1. The Balaban J connectivity index is 4.17. The number of ether oxygens (including phenoxy) is 1. The van der Waals surface area contributed by atoms with Crippen LogP contribution in [0.3, 0.4) is 0 Å². The predicted molar refractivity (Wildman–Crippen MR) is 75.8 cm³/mol. The summed E-state index contributed by atoms with van der Waals surface area (Å²) in [5.74, 6) is -1.16. The second-order valence-corrected chi connectivity index (χ2v) is 6.68. The van der Waals surface area contributed by atoms with Crippen LogP contribution in [0.4, 0.5) is 0 Å². The van der Waals surface area contributed by atoms with Crippen LogP contribution in [0.15, 0.2) is 0 Å². The van der Waals surface area contributed by atoms with Crippen LogP contribution >= 0.6 is 0 Å². The van der Waals surface area contributed by atoms with Gasteiger partial charge in [0.15, 0.2) is 0 Å². The minimum Gasteiger partial charge on any atom is -0.385 e. The quantitative estimate of drug-likeness (QED) is 0.568. The van der Waals surface area contributed by atoms with E-state index in [1.165, 1.54) is 0 Å². The van der Waals surface area contributed by atoms with Crippen LogP contribution in [0.25, 0.3) is 0 Å². The molecule has 2 N–H and O–H groups in total. The van der Waals surface area contributed by atoms with E-state index in [9.17, 15) is 9.59 Å². The van der Waals surface area contributed by atoms with Crippen LogP contribution in [-0.4, -0.2) is 37.6 Å². The molecule has 5 heteroatoms. The lowest BCUT2D eigenvalue weighted by molar-refractivity contribution is -0.140. The summed E-state index contributed by atoms with van der Waals surface area (Å²) in [7, 11) is 1.60. The predicted octanol–water partition coefficient (Wildman–Crippen LogP) is 1.47. The fourth-order valence-electron chi connectivity index (χ4n) is 2.23. The molecule has 0 heterocycles. The van der Waals surface area contributed by atoms with Gasteiger partial charge in [-0.3, -0.25) is 9.59 Å². The van der Waals surface area contributed by atoms with Crippen LogP contribution in [0.2, 0.25) is 0 Å². The molecule has 0 unspecified atom stereocenters. The summed E-state index contributed by atoms with van der Waals surface area (Å²) in [6.45, 7) is 11.2. The third-order valence-electron chi connectivity index (χ3n) is 2.44. The van der Waals surface area contributed by atoms with Crippen molar-refractivity contribution in [2.45, 2.75) is 53.0 Å². The molecule has 5 nitrogen and oxygen atoms in total. The molecule has 0 fully saturated rings. The van der Waals surface area contributed by atoms with E-state index in [2.05, 4.69) is 31.4 Å². The van der Waals surface area contributed by atoms with E-state index < -0.39 is 17.4 Å². The number of amides is 2. The lowest BCUT2D eigenvalue weighted by Crippen LogP contribution is -2.51. The third kappa shape index (κ3) is 9.47. The van der Waals surface area contributed by atoms with Gasteiger partial charge in [0.05, 0.1) is 0 Å². The van der Waals surface area contributed by atoms with E-state index in [0.717, 1.165) is 6.42 Å². The number of hydrogen-bond acceptors (Lipinski definition) is 3. The lowest BCUT2D eigenvalue weighted by Gasteiger charge is -2.33. The highest BCUT2D eigenvalue weighted by Crippen LogP contribution is 2.26. The van der Waals surface area contributed by atoms with Crippen LogP contribution in [0.1, 0.15) is 47.5 Å². The van der Waals surface area contributed by atoms with Gasteiger partial charge < -0.3 is 15.4 Å². The molecule has 0 saturated carbocycles. The normalized spacial score (nSPS) is 12.1. The molecule has 0 radical (unpaired) electrons. The molecule has 0 aromatic rings. The van der Waals surface area contributed by atoms with Gasteiger partial charge in [-0.1, -0.05) is 20.8 Å². The Morgan fingerprint density at radius 3 is 2.11 bits per heavy atom. The fraction of sp³-hybridized carbons (Fsp3) is 0.857. The Bertz CT molecular complexity index is 306. The zero-order valence-electron chi connectivity index (χ0n) is 13.1. The van der Waals surface area contributed by atoms with E-state index in [1.807, 2.05) is 13.8 Å². The Morgan fingerprint density at radius 2 is 1.63 bits per heavy atom. The van der Waals surface area contributed by atoms with E-state index in [1.54, 1.807) is 7.11 Å². The van der Waals surface area contributed by atoms with Crippen LogP contribution in [0, 0.1) is 5.41 Å². The Labute approximate surface area is 116 Å². The summed E-state index contributed by atoms with van der Waals surface area (Å²) < 4.78 is 4.87. The molecule has 0 aliphatic rings. The topological polar surface area (TPSA) is 67.4 Å². The molecule has 112 valence electrons. The van der Waals surface area contributed by atoms with Crippen molar-refractivity contribution < 1.29 is 14.3 Å². The van der Waals surface area contributed by atoms with E-state index in [4.69, 9.17) is 4.74 Å². The first-order valence-corrected chi connectivity index (χ1v) is 6.67. The van der Waals surface area contributed by atoms with Crippen molar-refractivity contribution >= 4 is 11.8 Å². The van der Waals surface area contributed by atoms with Crippen molar-refractivity contribution in [3.05, 3.63) is 0 Å². The molecule has 0 atom stereocenters. The molecule has 0 saturated heterocycles. The summed E-state index contributed by atoms with van der Waals surface area (Å²) in [5, 5.41) is 5.34. The Kier molecular flexibility index (Phi) is 7.05. The van der Waals surface area contributed by atoms with Crippen LogP contribution < -0.4 is 10.6 Å². The highest BCUT2D eigenvalue weighted by atomic mass is 16.5. The highest BCUT2D eigenvalue weighted by Gasteiger charge is 2.28. The average molecular weight is 272 g/mol. The number of rotatable bonds is 6. The Hall–Kier alpha value is -1.10. The molecule has 0 aromatic heterocycles. The molecule has 0 rings (SSSR count). The first-order valence-electron chi connectivity index (χ1n) is 6.67. The first kappa shape index (κ1) is 17.9. The molecule has 0 bridgehead atoms. The van der Waals surface area contributed by atoms with Gasteiger partial charge in [0.1, 0.15) is 0 Å². The van der Waals surface area contributed by atoms with Gasteiger partial charge >= 0.3 is 11.8 Å². The second kappa shape index (κ2) is 7.48. The summed E-state index contributed by atoms with van der Waals surface area (Å²) in [5.41, 5.74) is -0.315. The first-order chi connectivity index (χ1) is 8.57. The summed E-state index contributed by atoms with van der Waals surface area (Å²) in [4.78, 5) is 23.3. The summed E-state index contributed by atoms with van der Waals surface area (Å²) in [6.07, 6.45) is 1.49. The van der Waals surface area contributed by atoms with Crippen LogP contribution in [-0.2, 0) is 14.3 Å². The second-order valence-electron chi connectivity index (χ2n) is 6.68. The summed E-state index contributed by atoms with van der Waals surface area (Å²) >= 11 is 0. The zero-order chi connectivity index (χ0) is 15.1. The molecule has 0 aliphatic heterocycles. The van der Waals surface area contributed by atoms with Gasteiger partial charge in [-0.2, -0.15) is 0 Å². The van der Waals surface area contributed by atoms with Crippen molar-refractivity contribution in [1.29, 1.82) is 0 Å². The molecular formula is C14H28N2O3. The van der Waals surface area contributed by atoms with Crippen molar-refractivity contribution in [2.75, 3.05) is 20.3 Å². The smallest absolute Gasteiger partial charge is 0.309 e.